The highest BCUT2D eigenvalue weighted by Crippen LogP contribution is 2.58. The van der Waals surface area contributed by atoms with Crippen LogP contribution < -0.4 is 5.32 Å². The minimum Gasteiger partial charge on any atom is -0.307 e. The van der Waals surface area contributed by atoms with Gasteiger partial charge in [0.1, 0.15) is 0 Å². The minimum atomic E-state index is 0.368. The topological polar surface area (TPSA) is 12.0 Å². The van der Waals surface area contributed by atoms with E-state index in [0.717, 1.165) is 34.7 Å². The van der Waals surface area contributed by atoms with Crippen LogP contribution in [-0.2, 0) is 0 Å². The van der Waals surface area contributed by atoms with Crippen LogP contribution in [-0.4, -0.2) is 6.04 Å². The summed E-state index contributed by atoms with van der Waals surface area (Å²) in [7, 11) is 0. The van der Waals surface area contributed by atoms with E-state index in [9.17, 15) is 0 Å². The van der Waals surface area contributed by atoms with Crippen LogP contribution in [0.1, 0.15) is 50.6 Å². The monoisotopic (exact) mass is 289 g/mol. The average Bonchev–Trinajstić information content (AvgIpc) is 3.10. The number of hydrogen-bond acceptors (Lipinski definition) is 1. The fourth-order valence-corrected chi connectivity index (χ4v) is 5.80. The first-order chi connectivity index (χ1) is 9.74. The molecule has 1 nitrogen and oxygen atoms in total. The van der Waals surface area contributed by atoms with Gasteiger partial charge in [0, 0.05) is 17.1 Å². The summed E-state index contributed by atoms with van der Waals surface area (Å²) in [5.41, 5.74) is 1.25. The standard InChI is InChI=1S/C18H24ClN/c1-11(13-5-2-3-8-17(13)19)20-18-10-12-9-16(18)15-7-4-6-14(12)15/h2-3,5,8,11-12,14-16,18,20H,4,6-7,9-10H2,1H3/t11-,12?,14?,15?,16?,18?/m0/s1. The number of nitrogens with one attached hydrogen (secondary N) is 1. The molecule has 3 aliphatic rings. The lowest BCUT2D eigenvalue weighted by molar-refractivity contribution is 0.200. The van der Waals surface area contributed by atoms with E-state index in [4.69, 9.17) is 11.6 Å². The van der Waals surface area contributed by atoms with E-state index in [-0.39, 0.29) is 0 Å². The zero-order chi connectivity index (χ0) is 13.7. The van der Waals surface area contributed by atoms with Gasteiger partial charge in [-0.15, -0.1) is 0 Å². The second-order valence-electron chi connectivity index (χ2n) is 7.17. The van der Waals surface area contributed by atoms with Gasteiger partial charge in [0.2, 0.25) is 0 Å². The van der Waals surface area contributed by atoms with Gasteiger partial charge in [0.25, 0.3) is 0 Å². The summed E-state index contributed by atoms with van der Waals surface area (Å²) in [6.07, 6.45) is 7.38. The van der Waals surface area contributed by atoms with Crippen molar-refractivity contribution in [3.63, 3.8) is 0 Å². The third-order valence-electron chi connectivity index (χ3n) is 6.26. The van der Waals surface area contributed by atoms with Crippen molar-refractivity contribution in [2.24, 2.45) is 23.7 Å². The zero-order valence-corrected chi connectivity index (χ0v) is 12.9. The summed E-state index contributed by atoms with van der Waals surface area (Å²) in [6.45, 7) is 2.26. The van der Waals surface area contributed by atoms with Crippen LogP contribution in [0.5, 0.6) is 0 Å². The molecular weight excluding hydrogens is 266 g/mol. The van der Waals surface area contributed by atoms with Crippen molar-refractivity contribution in [1.29, 1.82) is 0 Å². The number of halogens is 1. The van der Waals surface area contributed by atoms with E-state index in [1.54, 1.807) is 0 Å². The Morgan fingerprint density at radius 2 is 1.90 bits per heavy atom. The molecule has 20 heavy (non-hydrogen) atoms. The maximum absolute atomic E-state index is 6.33. The number of rotatable bonds is 3. The van der Waals surface area contributed by atoms with Crippen LogP contribution >= 0.6 is 11.6 Å². The minimum absolute atomic E-state index is 0.368. The molecule has 0 aromatic heterocycles. The van der Waals surface area contributed by atoms with Gasteiger partial charge in [0.05, 0.1) is 0 Å². The Balaban J connectivity index is 1.47. The Labute approximate surface area is 127 Å². The number of benzene rings is 1. The largest absolute Gasteiger partial charge is 0.307 e. The third-order valence-corrected chi connectivity index (χ3v) is 6.61. The van der Waals surface area contributed by atoms with Crippen molar-refractivity contribution >= 4 is 11.6 Å². The maximum atomic E-state index is 6.33. The normalized spacial score (nSPS) is 40.0. The summed E-state index contributed by atoms with van der Waals surface area (Å²) in [5.74, 6) is 4.07. The summed E-state index contributed by atoms with van der Waals surface area (Å²) in [4.78, 5) is 0. The highest BCUT2D eigenvalue weighted by Gasteiger charge is 2.53. The van der Waals surface area contributed by atoms with Gasteiger partial charge >= 0.3 is 0 Å². The first-order valence-corrected chi connectivity index (χ1v) is 8.62. The molecule has 6 atom stereocenters. The first kappa shape index (κ1) is 13.2. The van der Waals surface area contributed by atoms with Crippen LogP contribution in [0.2, 0.25) is 5.02 Å². The van der Waals surface area contributed by atoms with Crippen LogP contribution in [0.15, 0.2) is 24.3 Å². The van der Waals surface area contributed by atoms with Gasteiger partial charge in [0.15, 0.2) is 0 Å². The Morgan fingerprint density at radius 1 is 1.10 bits per heavy atom. The van der Waals surface area contributed by atoms with Crippen molar-refractivity contribution < 1.29 is 0 Å². The Morgan fingerprint density at radius 3 is 2.75 bits per heavy atom. The molecule has 0 spiro atoms. The third kappa shape index (κ3) is 2.02. The quantitative estimate of drug-likeness (QED) is 0.841. The fourth-order valence-electron chi connectivity index (χ4n) is 5.50. The maximum Gasteiger partial charge on any atom is 0.0453 e. The van der Waals surface area contributed by atoms with Gasteiger partial charge in [-0.2, -0.15) is 0 Å². The molecular formula is C18H24ClN. The zero-order valence-electron chi connectivity index (χ0n) is 12.2. The molecule has 0 radical (unpaired) electrons. The first-order valence-electron chi connectivity index (χ1n) is 8.24. The summed E-state index contributed by atoms with van der Waals surface area (Å²) in [5, 5.41) is 4.79. The molecule has 2 bridgehead atoms. The highest BCUT2D eigenvalue weighted by molar-refractivity contribution is 6.31. The lowest BCUT2D eigenvalue weighted by Crippen LogP contribution is -2.40. The van der Waals surface area contributed by atoms with E-state index in [1.165, 1.54) is 37.7 Å². The van der Waals surface area contributed by atoms with Crippen molar-refractivity contribution in [2.75, 3.05) is 0 Å². The SMILES string of the molecule is C[C@H](NC1CC2CC1C1CCCC21)c1ccccc1Cl. The van der Waals surface area contributed by atoms with E-state index < -0.39 is 0 Å². The molecule has 0 amide bonds. The second kappa shape index (κ2) is 5.03. The van der Waals surface area contributed by atoms with E-state index >= 15 is 0 Å². The van der Waals surface area contributed by atoms with Crippen LogP contribution in [0, 0.1) is 23.7 Å². The molecule has 3 saturated carbocycles. The van der Waals surface area contributed by atoms with E-state index in [0.29, 0.717) is 6.04 Å². The average molecular weight is 290 g/mol. The Hall–Kier alpha value is -0.530. The van der Waals surface area contributed by atoms with Gasteiger partial charge in [-0.1, -0.05) is 36.2 Å². The Bertz CT molecular complexity index is 500. The smallest absolute Gasteiger partial charge is 0.0453 e. The fraction of sp³-hybridized carbons (Fsp3) is 0.667. The van der Waals surface area contributed by atoms with Gasteiger partial charge in [-0.25, -0.2) is 0 Å². The predicted molar refractivity (Wildman–Crippen MR) is 83.8 cm³/mol. The molecule has 108 valence electrons. The molecule has 0 aliphatic heterocycles. The summed E-state index contributed by atoms with van der Waals surface area (Å²) in [6, 6.07) is 9.36. The Kier molecular flexibility index (Phi) is 3.31. The van der Waals surface area contributed by atoms with Crippen LogP contribution in [0.3, 0.4) is 0 Å². The molecule has 4 rings (SSSR count). The molecule has 1 N–H and O–H groups in total. The number of hydrogen-bond donors (Lipinski definition) is 1. The molecule has 3 fully saturated rings. The van der Waals surface area contributed by atoms with E-state index in [1.807, 2.05) is 12.1 Å². The summed E-state index contributed by atoms with van der Waals surface area (Å²) < 4.78 is 0. The molecule has 1 aromatic carbocycles. The van der Waals surface area contributed by atoms with Crippen LogP contribution in [0.4, 0.5) is 0 Å². The van der Waals surface area contributed by atoms with Gasteiger partial charge in [-0.3, -0.25) is 0 Å². The van der Waals surface area contributed by atoms with Gasteiger partial charge < -0.3 is 5.32 Å². The molecule has 0 heterocycles. The van der Waals surface area contributed by atoms with Crippen molar-refractivity contribution in [3.8, 4) is 0 Å². The van der Waals surface area contributed by atoms with E-state index in [2.05, 4.69) is 24.4 Å². The van der Waals surface area contributed by atoms with Crippen molar-refractivity contribution in [3.05, 3.63) is 34.9 Å². The number of fused-ring (bicyclic) bond motifs is 5. The second-order valence-corrected chi connectivity index (χ2v) is 7.58. The predicted octanol–water partition coefficient (Wildman–Crippen LogP) is 4.82. The summed E-state index contributed by atoms with van der Waals surface area (Å²) >= 11 is 6.33. The highest BCUT2D eigenvalue weighted by atomic mass is 35.5. The molecule has 3 aliphatic carbocycles. The van der Waals surface area contributed by atoms with Crippen molar-refractivity contribution in [1.82, 2.24) is 5.32 Å². The molecule has 5 unspecified atom stereocenters. The van der Waals surface area contributed by atoms with Crippen LogP contribution in [0.25, 0.3) is 0 Å². The molecule has 2 heteroatoms. The van der Waals surface area contributed by atoms with Gasteiger partial charge in [-0.05, 0) is 67.9 Å². The molecule has 1 aromatic rings. The lowest BCUT2D eigenvalue weighted by atomic mass is 9.79. The van der Waals surface area contributed by atoms with Crippen molar-refractivity contribution in [2.45, 2.75) is 51.1 Å². The molecule has 0 saturated heterocycles. The lowest BCUT2D eigenvalue weighted by Gasteiger charge is -2.34.